The lowest BCUT2D eigenvalue weighted by Gasteiger charge is -2.22. The number of hydrogen-bond acceptors (Lipinski definition) is 8. The minimum atomic E-state index is -3.83. The lowest BCUT2D eigenvalue weighted by Crippen LogP contribution is -2.24. The van der Waals surface area contributed by atoms with Crippen LogP contribution in [0.25, 0.3) is 0 Å². The number of aromatic nitrogens is 2. The van der Waals surface area contributed by atoms with Gasteiger partial charge >= 0.3 is 5.57 Å². The second-order valence-corrected chi connectivity index (χ2v) is 8.15. The summed E-state index contributed by atoms with van der Waals surface area (Å²) in [5.41, 5.74) is -2.14. The van der Waals surface area contributed by atoms with Gasteiger partial charge in [0, 0.05) is 48.8 Å². The third-order valence-corrected chi connectivity index (χ3v) is 5.28. The predicted octanol–water partition coefficient (Wildman–Crippen LogP) is 4.22. The van der Waals surface area contributed by atoms with Gasteiger partial charge in [0.05, 0.1) is 36.3 Å². The first-order chi connectivity index (χ1) is 16.7. The van der Waals surface area contributed by atoms with Gasteiger partial charge in [0.25, 0.3) is 5.91 Å². The standard InChI is InChI=1S/C23H22ClF2N5O4/c1-34-20-6-8-27-12-19(20)30-18-10-14(11-28-21(18)31-9-7-16(32)13-31)22(33)29-15-2-4-17(5-3-15)35-23(24,25)26/h2-6,8,10-12,16,30,32H,7,9,13H2,1H3,(H,29,33). The van der Waals surface area contributed by atoms with Crippen molar-refractivity contribution in [2.45, 2.75) is 18.1 Å². The summed E-state index contributed by atoms with van der Waals surface area (Å²) in [7, 11) is 1.53. The Bertz CT molecular complexity index is 1190. The van der Waals surface area contributed by atoms with Crippen molar-refractivity contribution in [1.29, 1.82) is 0 Å². The van der Waals surface area contributed by atoms with E-state index in [4.69, 9.17) is 16.3 Å². The Balaban J connectivity index is 1.58. The van der Waals surface area contributed by atoms with Crippen LogP contribution in [0.5, 0.6) is 11.5 Å². The Labute approximate surface area is 204 Å². The summed E-state index contributed by atoms with van der Waals surface area (Å²) in [6.07, 6.45) is 4.74. The van der Waals surface area contributed by atoms with E-state index in [2.05, 4.69) is 25.3 Å². The first-order valence-electron chi connectivity index (χ1n) is 10.6. The average molecular weight is 506 g/mol. The molecule has 1 amide bonds. The lowest BCUT2D eigenvalue weighted by atomic mass is 10.2. The fourth-order valence-corrected chi connectivity index (χ4v) is 3.69. The smallest absolute Gasteiger partial charge is 0.487 e. The zero-order valence-electron chi connectivity index (χ0n) is 18.5. The van der Waals surface area contributed by atoms with Crippen LogP contribution in [0.15, 0.2) is 55.0 Å². The summed E-state index contributed by atoms with van der Waals surface area (Å²) in [5, 5.41) is 15.9. The summed E-state index contributed by atoms with van der Waals surface area (Å²) in [6, 6.07) is 8.65. The Morgan fingerprint density at radius 1 is 1.23 bits per heavy atom. The number of nitrogens with zero attached hydrogens (tertiary/aromatic N) is 3. The van der Waals surface area contributed by atoms with Crippen molar-refractivity contribution < 1.29 is 28.2 Å². The molecule has 3 aromatic rings. The average Bonchev–Trinajstić information content (AvgIpc) is 3.25. The van der Waals surface area contributed by atoms with Crippen LogP contribution in [0.1, 0.15) is 16.8 Å². The third-order valence-electron chi connectivity index (χ3n) is 5.21. The van der Waals surface area contributed by atoms with Gasteiger partial charge in [0.15, 0.2) is 5.82 Å². The van der Waals surface area contributed by atoms with Crippen molar-refractivity contribution in [1.82, 2.24) is 9.97 Å². The molecule has 1 saturated heterocycles. The molecule has 9 nitrogen and oxygen atoms in total. The van der Waals surface area contributed by atoms with Gasteiger partial charge < -0.3 is 30.1 Å². The highest BCUT2D eigenvalue weighted by atomic mass is 35.5. The number of benzene rings is 1. The largest absolute Gasteiger partial charge is 0.494 e. The first-order valence-corrected chi connectivity index (χ1v) is 10.9. The van der Waals surface area contributed by atoms with Crippen LogP contribution < -0.4 is 25.0 Å². The molecular formula is C23H22ClF2N5O4. The van der Waals surface area contributed by atoms with Crippen molar-refractivity contribution in [3.8, 4) is 11.5 Å². The maximum absolute atomic E-state index is 12.9. The van der Waals surface area contributed by atoms with Gasteiger partial charge in [-0.25, -0.2) is 4.98 Å². The second-order valence-electron chi connectivity index (χ2n) is 7.71. The lowest BCUT2D eigenvalue weighted by molar-refractivity contribution is -0.0964. The number of carbonyl (C=O) groups is 1. The molecule has 0 aliphatic carbocycles. The van der Waals surface area contributed by atoms with E-state index >= 15 is 0 Å². The van der Waals surface area contributed by atoms with Gasteiger partial charge in [0.1, 0.15) is 11.5 Å². The first kappa shape index (κ1) is 24.4. The molecule has 0 spiro atoms. The zero-order chi connectivity index (χ0) is 25.0. The number of rotatable bonds is 8. The molecule has 3 heterocycles. The molecule has 0 radical (unpaired) electrons. The predicted molar refractivity (Wildman–Crippen MR) is 127 cm³/mol. The number of pyridine rings is 2. The molecule has 35 heavy (non-hydrogen) atoms. The van der Waals surface area contributed by atoms with Crippen molar-refractivity contribution >= 4 is 40.4 Å². The summed E-state index contributed by atoms with van der Waals surface area (Å²) in [4.78, 5) is 23.4. The number of methoxy groups -OCH3 is 1. The molecule has 1 unspecified atom stereocenters. The summed E-state index contributed by atoms with van der Waals surface area (Å²) < 4.78 is 35.2. The molecule has 1 fully saturated rings. The highest BCUT2D eigenvalue weighted by Crippen LogP contribution is 2.33. The molecule has 184 valence electrons. The molecule has 1 aromatic carbocycles. The monoisotopic (exact) mass is 505 g/mol. The van der Waals surface area contributed by atoms with Crippen LogP contribution in [0.4, 0.5) is 31.7 Å². The van der Waals surface area contributed by atoms with E-state index in [0.29, 0.717) is 48.1 Å². The molecule has 0 saturated carbocycles. The van der Waals surface area contributed by atoms with Crippen LogP contribution in [0.2, 0.25) is 0 Å². The van der Waals surface area contributed by atoms with Crippen LogP contribution >= 0.6 is 11.6 Å². The number of aliphatic hydroxyl groups is 1. The Morgan fingerprint density at radius 2 is 2.00 bits per heavy atom. The maximum atomic E-state index is 12.9. The van der Waals surface area contributed by atoms with Crippen molar-refractivity contribution in [2.24, 2.45) is 0 Å². The molecule has 12 heteroatoms. The highest BCUT2D eigenvalue weighted by molar-refractivity contribution is 6.20. The maximum Gasteiger partial charge on any atom is 0.487 e. The van der Waals surface area contributed by atoms with Crippen LogP contribution in [-0.2, 0) is 0 Å². The van der Waals surface area contributed by atoms with Gasteiger partial charge in [-0.3, -0.25) is 9.78 Å². The molecule has 2 aromatic heterocycles. The van der Waals surface area contributed by atoms with Gasteiger partial charge in [-0.05, 0) is 36.8 Å². The number of ether oxygens (including phenoxy) is 2. The topological polar surface area (TPSA) is 109 Å². The molecule has 1 aliphatic rings. The van der Waals surface area contributed by atoms with Crippen LogP contribution in [0, 0.1) is 0 Å². The number of hydrogen-bond donors (Lipinski definition) is 3. The zero-order valence-corrected chi connectivity index (χ0v) is 19.3. The molecule has 1 atom stereocenters. The van der Waals surface area contributed by atoms with E-state index in [1.54, 1.807) is 24.5 Å². The van der Waals surface area contributed by atoms with Gasteiger partial charge in [-0.2, -0.15) is 0 Å². The number of alkyl halides is 3. The molecule has 3 N–H and O–H groups in total. The van der Waals surface area contributed by atoms with Crippen LogP contribution in [0.3, 0.4) is 0 Å². The van der Waals surface area contributed by atoms with E-state index < -0.39 is 17.6 Å². The van der Waals surface area contributed by atoms with Gasteiger partial charge in [-0.1, -0.05) is 0 Å². The van der Waals surface area contributed by atoms with E-state index in [0.717, 1.165) is 0 Å². The number of aliphatic hydroxyl groups excluding tert-OH is 1. The Kier molecular flexibility index (Phi) is 7.17. The minimum absolute atomic E-state index is 0.154. The van der Waals surface area contributed by atoms with Crippen molar-refractivity contribution in [2.75, 3.05) is 35.7 Å². The number of anilines is 4. The molecule has 0 bridgehead atoms. The van der Waals surface area contributed by atoms with Crippen LogP contribution in [-0.4, -0.2) is 52.9 Å². The number of nitrogens with one attached hydrogen (secondary N) is 2. The summed E-state index contributed by atoms with van der Waals surface area (Å²) in [5.74, 6) is 0.487. The van der Waals surface area contributed by atoms with Gasteiger partial charge in [0.2, 0.25) is 0 Å². The van der Waals surface area contributed by atoms with E-state index in [-0.39, 0.29) is 11.3 Å². The molecular weight excluding hydrogens is 484 g/mol. The molecule has 1 aliphatic heterocycles. The van der Waals surface area contributed by atoms with Crippen molar-refractivity contribution in [3.63, 3.8) is 0 Å². The quantitative estimate of drug-likeness (QED) is 0.390. The third kappa shape index (κ3) is 6.25. The number of halogens is 3. The fourth-order valence-electron chi connectivity index (χ4n) is 3.60. The number of carbonyl (C=O) groups excluding carboxylic acids is 1. The number of amides is 1. The fraction of sp³-hybridized carbons (Fsp3) is 0.261. The highest BCUT2D eigenvalue weighted by Gasteiger charge is 2.27. The normalized spacial score (nSPS) is 15.6. The van der Waals surface area contributed by atoms with E-state index in [1.807, 2.05) is 4.90 Å². The Hall–Kier alpha value is -3.70. The molecule has 4 rings (SSSR count). The Morgan fingerprint density at radius 3 is 2.66 bits per heavy atom. The second kappa shape index (κ2) is 10.3. The SMILES string of the molecule is COc1ccncc1Nc1cc(C(=O)Nc2ccc(OC(F)(F)Cl)cc2)cnc1N1CCC(O)C1. The van der Waals surface area contributed by atoms with Crippen molar-refractivity contribution in [3.05, 3.63) is 60.6 Å². The summed E-state index contributed by atoms with van der Waals surface area (Å²) >= 11 is 4.76. The minimum Gasteiger partial charge on any atom is -0.494 e. The van der Waals surface area contributed by atoms with E-state index in [9.17, 15) is 18.7 Å². The van der Waals surface area contributed by atoms with Gasteiger partial charge in [-0.15, -0.1) is 8.78 Å². The number of β-amino-alcohol motifs (C(OH)–C–C–N with tert-alkyl or cyclic N) is 1. The summed E-state index contributed by atoms with van der Waals surface area (Å²) in [6.45, 7) is 1.02. The van der Waals surface area contributed by atoms with E-state index in [1.165, 1.54) is 37.6 Å².